The maximum Gasteiger partial charge on any atom is 0.193 e. The number of aliphatic imine (C=N–C) groups is 1. The topological polar surface area (TPSA) is 51.0 Å². The fraction of sp³-hybridized carbons (Fsp3) is 0.421. The SMILES string of the molecule is CN=C(NCCCOc1ccc(OC)cc1)N(C)Cc1cccn1C.I. The summed E-state index contributed by atoms with van der Waals surface area (Å²) in [5, 5.41) is 3.37. The van der Waals surface area contributed by atoms with E-state index < -0.39 is 0 Å². The first kappa shape index (κ1) is 22.1. The summed E-state index contributed by atoms with van der Waals surface area (Å²) in [4.78, 5) is 6.45. The number of aromatic nitrogens is 1. The summed E-state index contributed by atoms with van der Waals surface area (Å²) in [5.41, 5.74) is 1.24. The molecule has 7 heteroatoms. The zero-order valence-corrected chi connectivity index (χ0v) is 18.3. The minimum Gasteiger partial charge on any atom is -0.497 e. The van der Waals surface area contributed by atoms with Crippen LogP contribution in [0.5, 0.6) is 11.5 Å². The molecule has 6 nitrogen and oxygen atoms in total. The first-order valence-corrected chi connectivity index (χ1v) is 8.43. The molecule has 0 amide bonds. The molecule has 0 aliphatic rings. The van der Waals surface area contributed by atoms with E-state index in [2.05, 4.69) is 45.2 Å². The average molecular weight is 472 g/mol. The van der Waals surface area contributed by atoms with Gasteiger partial charge in [0, 0.05) is 39.6 Å². The molecule has 0 aliphatic heterocycles. The van der Waals surface area contributed by atoms with Crippen molar-refractivity contribution in [2.24, 2.45) is 12.0 Å². The summed E-state index contributed by atoms with van der Waals surface area (Å²) in [6.07, 6.45) is 2.94. The smallest absolute Gasteiger partial charge is 0.193 e. The highest BCUT2D eigenvalue weighted by molar-refractivity contribution is 14.0. The Morgan fingerprint density at radius 2 is 1.88 bits per heavy atom. The molecule has 1 aromatic heterocycles. The third-order valence-corrected chi connectivity index (χ3v) is 3.96. The van der Waals surface area contributed by atoms with Gasteiger partial charge in [0.1, 0.15) is 11.5 Å². The number of hydrogen-bond acceptors (Lipinski definition) is 3. The standard InChI is InChI=1S/C19H28N4O2.HI/c1-20-19(23(3)15-16-7-5-13-22(16)2)21-12-6-14-25-18-10-8-17(24-4)9-11-18;/h5,7-11,13H,6,12,14-15H2,1-4H3,(H,20,21);1H. The molecule has 0 fully saturated rings. The van der Waals surface area contributed by atoms with Gasteiger partial charge in [-0.15, -0.1) is 24.0 Å². The van der Waals surface area contributed by atoms with Crippen molar-refractivity contribution in [3.63, 3.8) is 0 Å². The Hall–Kier alpha value is -1.90. The number of benzene rings is 1. The van der Waals surface area contributed by atoms with Crippen molar-refractivity contribution >= 4 is 29.9 Å². The summed E-state index contributed by atoms with van der Waals surface area (Å²) in [6.45, 7) is 2.27. The fourth-order valence-electron chi connectivity index (χ4n) is 2.50. The zero-order chi connectivity index (χ0) is 18.1. The molecule has 1 aromatic carbocycles. The number of nitrogens with zero attached hydrogens (tertiary/aromatic N) is 3. The van der Waals surface area contributed by atoms with E-state index in [-0.39, 0.29) is 24.0 Å². The summed E-state index contributed by atoms with van der Waals surface area (Å²) in [6, 6.07) is 11.8. The first-order valence-electron chi connectivity index (χ1n) is 8.43. The van der Waals surface area contributed by atoms with Crippen LogP contribution in [-0.4, -0.2) is 49.8 Å². The molecule has 144 valence electrons. The molecule has 1 heterocycles. The summed E-state index contributed by atoms with van der Waals surface area (Å²) in [7, 11) is 7.55. The van der Waals surface area contributed by atoms with Crippen molar-refractivity contribution in [3.8, 4) is 11.5 Å². The minimum absolute atomic E-state index is 0. The van der Waals surface area contributed by atoms with Crippen molar-refractivity contribution in [2.45, 2.75) is 13.0 Å². The molecule has 0 atom stereocenters. The molecule has 0 spiro atoms. The van der Waals surface area contributed by atoms with Gasteiger partial charge in [0.05, 0.1) is 20.3 Å². The van der Waals surface area contributed by atoms with Crippen LogP contribution < -0.4 is 14.8 Å². The lowest BCUT2D eigenvalue weighted by atomic mass is 10.3. The third kappa shape index (κ3) is 6.78. The van der Waals surface area contributed by atoms with E-state index in [0.717, 1.165) is 37.0 Å². The predicted molar refractivity (Wildman–Crippen MR) is 117 cm³/mol. The van der Waals surface area contributed by atoms with E-state index in [1.165, 1.54) is 5.69 Å². The van der Waals surface area contributed by atoms with Crippen LogP contribution in [-0.2, 0) is 13.6 Å². The summed E-state index contributed by atoms with van der Waals surface area (Å²) in [5.74, 6) is 2.57. The van der Waals surface area contributed by atoms with E-state index in [1.807, 2.05) is 31.3 Å². The quantitative estimate of drug-likeness (QED) is 0.278. The first-order chi connectivity index (χ1) is 12.1. The van der Waals surface area contributed by atoms with Crippen molar-refractivity contribution in [1.29, 1.82) is 0 Å². The van der Waals surface area contributed by atoms with Crippen LogP contribution in [0.2, 0.25) is 0 Å². The predicted octanol–water partition coefficient (Wildman–Crippen LogP) is 3.13. The highest BCUT2D eigenvalue weighted by Gasteiger charge is 2.07. The van der Waals surface area contributed by atoms with Gasteiger partial charge >= 0.3 is 0 Å². The van der Waals surface area contributed by atoms with E-state index in [0.29, 0.717) is 6.61 Å². The van der Waals surface area contributed by atoms with Crippen molar-refractivity contribution in [1.82, 2.24) is 14.8 Å². The van der Waals surface area contributed by atoms with Crippen LogP contribution >= 0.6 is 24.0 Å². The van der Waals surface area contributed by atoms with Crippen LogP contribution in [0.3, 0.4) is 0 Å². The Balaban J connectivity index is 0.00000338. The number of hydrogen-bond donors (Lipinski definition) is 1. The average Bonchev–Trinajstić information content (AvgIpc) is 3.03. The molecule has 0 saturated heterocycles. The van der Waals surface area contributed by atoms with Crippen LogP contribution in [0.15, 0.2) is 47.6 Å². The van der Waals surface area contributed by atoms with Gasteiger partial charge in [-0.2, -0.15) is 0 Å². The lowest BCUT2D eigenvalue weighted by Gasteiger charge is -2.22. The molecule has 0 saturated carbocycles. The van der Waals surface area contributed by atoms with Crippen molar-refractivity contribution in [2.75, 3.05) is 34.4 Å². The number of aryl methyl sites for hydroxylation is 1. The van der Waals surface area contributed by atoms with Gasteiger partial charge in [0.25, 0.3) is 0 Å². The van der Waals surface area contributed by atoms with Crippen LogP contribution in [0.25, 0.3) is 0 Å². The Bertz CT molecular complexity index is 670. The molecule has 2 rings (SSSR count). The Labute approximate surface area is 173 Å². The van der Waals surface area contributed by atoms with Gasteiger partial charge in [-0.3, -0.25) is 4.99 Å². The molecule has 0 bridgehead atoms. The fourth-order valence-corrected chi connectivity index (χ4v) is 2.50. The highest BCUT2D eigenvalue weighted by Crippen LogP contribution is 2.16. The maximum atomic E-state index is 5.73. The monoisotopic (exact) mass is 472 g/mol. The second kappa shape index (κ2) is 11.7. The largest absolute Gasteiger partial charge is 0.497 e. The number of halogens is 1. The molecular formula is C19H29IN4O2. The normalized spacial score (nSPS) is 10.8. The van der Waals surface area contributed by atoms with Crippen molar-refractivity contribution < 1.29 is 9.47 Å². The molecule has 1 N–H and O–H groups in total. The lowest BCUT2D eigenvalue weighted by Crippen LogP contribution is -2.39. The second-order valence-electron chi connectivity index (χ2n) is 5.82. The summed E-state index contributed by atoms with van der Waals surface area (Å²) < 4.78 is 13.0. The van der Waals surface area contributed by atoms with Gasteiger partial charge in [0.15, 0.2) is 5.96 Å². The Morgan fingerprint density at radius 3 is 2.46 bits per heavy atom. The zero-order valence-electron chi connectivity index (χ0n) is 15.9. The number of nitrogens with one attached hydrogen (secondary N) is 1. The Morgan fingerprint density at radius 1 is 1.19 bits per heavy atom. The molecule has 0 radical (unpaired) electrons. The number of guanidine groups is 1. The van der Waals surface area contributed by atoms with Gasteiger partial charge in [-0.1, -0.05) is 0 Å². The molecule has 26 heavy (non-hydrogen) atoms. The minimum atomic E-state index is 0. The highest BCUT2D eigenvalue weighted by atomic mass is 127. The van der Waals surface area contributed by atoms with Gasteiger partial charge < -0.3 is 24.3 Å². The summed E-state index contributed by atoms with van der Waals surface area (Å²) >= 11 is 0. The lowest BCUT2D eigenvalue weighted by molar-refractivity contribution is 0.309. The molecule has 0 unspecified atom stereocenters. The number of rotatable bonds is 8. The van der Waals surface area contributed by atoms with Crippen LogP contribution in [0, 0.1) is 0 Å². The van der Waals surface area contributed by atoms with E-state index in [9.17, 15) is 0 Å². The van der Waals surface area contributed by atoms with Gasteiger partial charge in [-0.05, 0) is 42.8 Å². The molecule has 2 aromatic rings. The van der Waals surface area contributed by atoms with Crippen LogP contribution in [0.1, 0.15) is 12.1 Å². The van der Waals surface area contributed by atoms with E-state index in [1.54, 1.807) is 14.2 Å². The van der Waals surface area contributed by atoms with E-state index >= 15 is 0 Å². The maximum absolute atomic E-state index is 5.73. The van der Waals surface area contributed by atoms with Crippen molar-refractivity contribution in [3.05, 3.63) is 48.3 Å². The second-order valence-corrected chi connectivity index (χ2v) is 5.82. The molecule has 0 aliphatic carbocycles. The van der Waals surface area contributed by atoms with Crippen LogP contribution in [0.4, 0.5) is 0 Å². The Kier molecular flexibility index (Phi) is 9.93. The number of methoxy groups -OCH3 is 1. The van der Waals surface area contributed by atoms with E-state index in [4.69, 9.17) is 9.47 Å². The third-order valence-electron chi connectivity index (χ3n) is 3.96. The number of ether oxygens (including phenoxy) is 2. The van der Waals surface area contributed by atoms with Gasteiger partial charge in [-0.25, -0.2) is 0 Å². The van der Waals surface area contributed by atoms with Gasteiger partial charge in [0.2, 0.25) is 0 Å². The molecular weight excluding hydrogens is 443 g/mol.